The number of H-pyrrole nitrogens is 1. The van der Waals surface area contributed by atoms with Gasteiger partial charge in [-0.1, -0.05) is 6.07 Å². The molecule has 1 fully saturated rings. The van der Waals surface area contributed by atoms with Gasteiger partial charge in [0, 0.05) is 23.1 Å². The highest BCUT2D eigenvalue weighted by molar-refractivity contribution is 6.06. The zero-order valence-corrected chi connectivity index (χ0v) is 14.9. The van der Waals surface area contributed by atoms with E-state index < -0.39 is 5.82 Å². The quantitative estimate of drug-likeness (QED) is 0.743. The number of rotatable bonds is 3. The van der Waals surface area contributed by atoms with Gasteiger partial charge in [-0.05, 0) is 67.9 Å². The summed E-state index contributed by atoms with van der Waals surface area (Å²) in [5, 5.41) is 12.5. The molecule has 2 aromatic carbocycles. The zero-order valence-electron chi connectivity index (χ0n) is 14.9. The van der Waals surface area contributed by atoms with Crippen molar-refractivity contribution in [2.75, 3.05) is 25.5 Å². The summed E-state index contributed by atoms with van der Waals surface area (Å²) < 4.78 is 13.5. The van der Waals surface area contributed by atoms with Crippen LogP contribution in [0.1, 0.15) is 34.0 Å². The Kier molecular flexibility index (Phi) is 4.38. The highest BCUT2D eigenvalue weighted by Gasteiger charge is 2.21. The minimum Gasteiger partial charge on any atom is -0.351 e. The van der Waals surface area contributed by atoms with Gasteiger partial charge >= 0.3 is 0 Å². The topological polar surface area (TPSA) is 71.9 Å². The highest BCUT2D eigenvalue weighted by atomic mass is 19.1. The number of halogens is 1. The molecule has 136 valence electrons. The third kappa shape index (κ3) is 3.55. The van der Waals surface area contributed by atoms with Gasteiger partial charge in [0.1, 0.15) is 11.5 Å². The van der Waals surface area contributed by atoms with Crippen LogP contribution in [0.2, 0.25) is 0 Å². The Balaban J connectivity index is 1.57. The molecule has 0 aliphatic carbocycles. The van der Waals surface area contributed by atoms with E-state index in [1.807, 2.05) is 12.1 Å². The van der Waals surface area contributed by atoms with Crippen molar-refractivity contribution in [3.63, 3.8) is 0 Å². The number of aromatic amines is 1. The average molecular weight is 362 g/mol. The van der Waals surface area contributed by atoms with Crippen LogP contribution < -0.4 is 5.32 Å². The molecule has 5 nitrogen and oxygen atoms in total. The summed E-state index contributed by atoms with van der Waals surface area (Å²) in [4.78, 5) is 17.9. The maximum Gasteiger partial charge on any atom is 0.272 e. The second kappa shape index (κ2) is 6.86. The van der Waals surface area contributed by atoms with Crippen LogP contribution in [0.3, 0.4) is 0 Å². The lowest BCUT2D eigenvalue weighted by atomic mass is 9.97. The third-order valence-electron chi connectivity index (χ3n) is 5.04. The third-order valence-corrected chi connectivity index (χ3v) is 5.04. The smallest absolute Gasteiger partial charge is 0.272 e. The van der Waals surface area contributed by atoms with Crippen molar-refractivity contribution in [3.05, 3.63) is 65.1 Å². The van der Waals surface area contributed by atoms with Gasteiger partial charge in [-0.15, -0.1) is 0 Å². The number of nitrogens with zero attached hydrogens (tertiary/aromatic N) is 2. The van der Waals surface area contributed by atoms with Gasteiger partial charge in [-0.3, -0.25) is 4.79 Å². The lowest BCUT2D eigenvalue weighted by Gasteiger charge is -2.10. The number of likely N-dealkylation sites (tertiary alicyclic amines) is 1. The number of hydrogen-bond acceptors (Lipinski definition) is 3. The number of fused-ring (bicyclic) bond motifs is 1. The van der Waals surface area contributed by atoms with E-state index in [4.69, 9.17) is 5.26 Å². The van der Waals surface area contributed by atoms with Crippen LogP contribution in [0.15, 0.2) is 42.5 Å². The van der Waals surface area contributed by atoms with Gasteiger partial charge in [-0.2, -0.15) is 5.26 Å². The molecule has 1 atom stereocenters. The predicted molar refractivity (Wildman–Crippen MR) is 102 cm³/mol. The van der Waals surface area contributed by atoms with Gasteiger partial charge in [0.25, 0.3) is 5.91 Å². The normalized spacial score (nSPS) is 17.1. The fourth-order valence-electron chi connectivity index (χ4n) is 3.66. The average Bonchev–Trinajstić information content (AvgIpc) is 3.26. The Morgan fingerprint density at radius 3 is 2.89 bits per heavy atom. The van der Waals surface area contributed by atoms with Gasteiger partial charge in [0.2, 0.25) is 0 Å². The SMILES string of the molecule is CN1CCC(c2ccc3[nH]c(C(=O)Nc4cc(F)cc(C#N)c4)cc3c2)C1. The fraction of sp³-hybridized carbons (Fsp3) is 0.238. The Bertz CT molecular complexity index is 1070. The van der Waals surface area contributed by atoms with Crippen LogP contribution in [0.4, 0.5) is 10.1 Å². The van der Waals surface area contributed by atoms with Crippen molar-refractivity contribution in [1.29, 1.82) is 5.26 Å². The van der Waals surface area contributed by atoms with Crippen molar-refractivity contribution < 1.29 is 9.18 Å². The minimum absolute atomic E-state index is 0.160. The van der Waals surface area contributed by atoms with E-state index in [0.29, 0.717) is 11.6 Å². The molecule has 2 N–H and O–H groups in total. The molecule has 2 heterocycles. The number of anilines is 1. The number of benzene rings is 2. The van der Waals surface area contributed by atoms with Crippen molar-refractivity contribution >= 4 is 22.5 Å². The summed E-state index contributed by atoms with van der Waals surface area (Å²) in [6.45, 7) is 2.14. The van der Waals surface area contributed by atoms with E-state index in [-0.39, 0.29) is 17.2 Å². The van der Waals surface area contributed by atoms with Crippen LogP contribution in [0.25, 0.3) is 10.9 Å². The molecule has 0 spiro atoms. The maximum absolute atomic E-state index is 13.5. The van der Waals surface area contributed by atoms with Crippen LogP contribution in [0, 0.1) is 17.1 Å². The number of carbonyl (C=O) groups excluding carboxylic acids is 1. The van der Waals surface area contributed by atoms with Gasteiger partial charge in [0.15, 0.2) is 0 Å². The Morgan fingerprint density at radius 1 is 1.30 bits per heavy atom. The first-order valence-electron chi connectivity index (χ1n) is 8.85. The first-order chi connectivity index (χ1) is 13.0. The van der Waals surface area contributed by atoms with E-state index in [1.165, 1.54) is 17.7 Å². The molecule has 6 heteroatoms. The largest absolute Gasteiger partial charge is 0.351 e. The predicted octanol–water partition coefficient (Wildman–Crippen LogP) is 3.85. The molecular formula is C21H19FN4O. The van der Waals surface area contributed by atoms with Gasteiger partial charge < -0.3 is 15.2 Å². The first kappa shape index (κ1) is 17.3. The molecule has 1 saturated heterocycles. The van der Waals surface area contributed by atoms with E-state index in [1.54, 1.807) is 6.07 Å². The maximum atomic E-state index is 13.5. The summed E-state index contributed by atoms with van der Waals surface area (Å²) in [7, 11) is 2.13. The monoisotopic (exact) mass is 362 g/mol. The minimum atomic E-state index is -0.563. The highest BCUT2D eigenvalue weighted by Crippen LogP contribution is 2.29. The van der Waals surface area contributed by atoms with Gasteiger partial charge in [-0.25, -0.2) is 4.39 Å². The van der Waals surface area contributed by atoms with Crippen molar-refractivity contribution in [1.82, 2.24) is 9.88 Å². The molecule has 1 aliphatic rings. The summed E-state index contributed by atoms with van der Waals surface area (Å²) >= 11 is 0. The first-order valence-corrected chi connectivity index (χ1v) is 8.85. The van der Waals surface area contributed by atoms with E-state index in [9.17, 15) is 9.18 Å². The van der Waals surface area contributed by atoms with Crippen molar-refractivity contribution in [3.8, 4) is 6.07 Å². The number of nitrogens with one attached hydrogen (secondary N) is 2. The Morgan fingerprint density at radius 2 is 2.15 bits per heavy atom. The number of likely N-dealkylation sites (N-methyl/N-ethyl adjacent to an activating group) is 1. The number of carbonyl (C=O) groups is 1. The van der Waals surface area contributed by atoms with Crippen LogP contribution in [-0.4, -0.2) is 35.9 Å². The molecule has 3 aromatic rings. The summed E-state index contributed by atoms with van der Waals surface area (Å²) in [6, 6.07) is 13.7. The molecule has 1 unspecified atom stereocenters. The number of amides is 1. The molecule has 0 radical (unpaired) electrons. The second-order valence-corrected chi connectivity index (χ2v) is 7.07. The summed E-state index contributed by atoms with van der Waals surface area (Å²) in [6.07, 6.45) is 1.14. The lowest BCUT2D eigenvalue weighted by Crippen LogP contribution is -2.13. The number of aromatic nitrogens is 1. The summed E-state index contributed by atoms with van der Waals surface area (Å²) in [5.41, 5.74) is 2.97. The molecule has 1 aliphatic heterocycles. The van der Waals surface area contributed by atoms with Crippen LogP contribution in [-0.2, 0) is 0 Å². The molecule has 4 rings (SSSR count). The Labute approximate surface area is 156 Å². The van der Waals surface area contributed by atoms with Crippen LogP contribution in [0.5, 0.6) is 0 Å². The van der Waals surface area contributed by atoms with Crippen LogP contribution >= 0.6 is 0 Å². The summed E-state index contributed by atoms with van der Waals surface area (Å²) in [5.74, 6) is -0.418. The molecule has 0 saturated carbocycles. The zero-order chi connectivity index (χ0) is 19.0. The standard InChI is InChI=1S/C21H19FN4O/c1-26-5-4-15(12-26)14-2-3-19-16(8-14)9-20(25-19)21(27)24-18-7-13(11-23)6-17(22)10-18/h2-3,6-10,15,25H,4-5,12H2,1H3,(H,24,27). The van der Waals surface area contributed by atoms with E-state index >= 15 is 0 Å². The molecule has 27 heavy (non-hydrogen) atoms. The molecule has 1 amide bonds. The fourth-order valence-corrected chi connectivity index (χ4v) is 3.66. The lowest BCUT2D eigenvalue weighted by molar-refractivity contribution is 0.102. The number of hydrogen-bond donors (Lipinski definition) is 2. The Hall–Kier alpha value is -3.17. The molecule has 0 bridgehead atoms. The van der Waals surface area contributed by atoms with Crippen molar-refractivity contribution in [2.45, 2.75) is 12.3 Å². The number of nitriles is 1. The van der Waals surface area contributed by atoms with Gasteiger partial charge in [0.05, 0.1) is 11.6 Å². The molecule has 1 aromatic heterocycles. The molecular weight excluding hydrogens is 343 g/mol. The van der Waals surface area contributed by atoms with Crippen molar-refractivity contribution in [2.24, 2.45) is 0 Å². The second-order valence-electron chi connectivity index (χ2n) is 7.07. The van der Waals surface area contributed by atoms with E-state index in [2.05, 4.69) is 34.4 Å². The van der Waals surface area contributed by atoms with E-state index in [0.717, 1.165) is 36.5 Å².